The van der Waals surface area contributed by atoms with Crippen LogP contribution in [0.5, 0.6) is 0 Å². The largest absolute Gasteiger partial charge is 0.340 e. The van der Waals surface area contributed by atoms with Crippen LogP contribution in [0.25, 0.3) is 0 Å². The van der Waals surface area contributed by atoms with Crippen molar-refractivity contribution in [1.82, 2.24) is 9.80 Å². The van der Waals surface area contributed by atoms with Crippen molar-refractivity contribution in [3.63, 3.8) is 0 Å². The fourth-order valence-corrected chi connectivity index (χ4v) is 4.56. The van der Waals surface area contributed by atoms with E-state index in [1.807, 2.05) is 42.2 Å². The summed E-state index contributed by atoms with van der Waals surface area (Å²) in [6.07, 6.45) is 0.631. The third-order valence-electron chi connectivity index (χ3n) is 4.16. The van der Waals surface area contributed by atoms with E-state index in [0.717, 1.165) is 5.56 Å². The van der Waals surface area contributed by atoms with Crippen LogP contribution in [-0.4, -0.2) is 61.8 Å². The van der Waals surface area contributed by atoms with Crippen molar-refractivity contribution in [2.45, 2.75) is 25.9 Å². The highest BCUT2D eigenvalue weighted by atomic mass is 32.2. The molecule has 1 aromatic rings. The molecule has 1 heterocycles. The zero-order valence-corrected chi connectivity index (χ0v) is 14.1. The summed E-state index contributed by atoms with van der Waals surface area (Å²) in [5.74, 6) is 0.439. The van der Waals surface area contributed by atoms with E-state index in [9.17, 15) is 13.2 Å². The Labute approximate surface area is 132 Å². The Morgan fingerprint density at radius 1 is 1.27 bits per heavy atom. The van der Waals surface area contributed by atoms with Crippen molar-refractivity contribution in [2.24, 2.45) is 0 Å². The van der Waals surface area contributed by atoms with Gasteiger partial charge in [0.25, 0.3) is 0 Å². The number of amides is 1. The zero-order valence-electron chi connectivity index (χ0n) is 13.2. The molecule has 6 heteroatoms. The molecule has 2 rings (SSSR count). The van der Waals surface area contributed by atoms with E-state index in [0.29, 0.717) is 19.5 Å². The first-order valence-electron chi connectivity index (χ1n) is 7.63. The van der Waals surface area contributed by atoms with E-state index in [1.165, 1.54) is 0 Å². The minimum absolute atomic E-state index is 0.0231. The third kappa shape index (κ3) is 4.55. The fraction of sp³-hybridized carbons (Fsp3) is 0.562. The van der Waals surface area contributed by atoms with Gasteiger partial charge in [0.05, 0.1) is 18.1 Å². The first kappa shape index (κ1) is 17.0. The van der Waals surface area contributed by atoms with Gasteiger partial charge in [-0.15, -0.1) is 0 Å². The number of rotatable bonds is 6. The van der Waals surface area contributed by atoms with Gasteiger partial charge in [0, 0.05) is 19.6 Å². The molecule has 0 aromatic heterocycles. The highest BCUT2D eigenvalue weighted by Crippen LogP contribution is 2.17. The number of hydrogen-bond acceptors (Lipinski definition) is 4. The lowest BCUT2D eigenvalue weighted by atomic mass is 10.2. The van der Waals surface area contributed by atoms with Gasteiger partial charge in [-0.2, -0.15) is 0 Å². The van der Waals surface area contributed by atoms with Crippen LogP contribution in [0, 0.1) is 0 Å². The number of hydrogen-bond donors (Lipinski definition) is 0. The number of sulfone groups is 1. The van der Waals surface area contributed by atoms with Crippen LogP contribution in [0.15, 0.2) is 30.3 Å². The van der Waals surface area contributed by atoms with E-state index in [1.54, 1.807) is 11.9 Å². The summed E-state index contributed by atoms with van der Waals surface area (Å²) in [7, 11) is -1.14. The van der Waals surface area contributed by atoms with Crippen molar-refractivity contribution < 1.29 is 13.2 Å². The van der Waals surface area contributed by atoms with Crippen LogP contribution in [0.2, 0.25) is 0 Å². The molecule has 1 unspecified atom stereocenters. The van der Waals surface area contributed by atoms with Gasteiger partial charge in [-0.3, -0.25) is 9.69 Å². The van der Waals surface area contributed by atoms with E-state index < -0.39 is 9.84 Å². The normalized spacial score (nSPS) is 20.2. The van der Waals surface area contributed by atoms with Gasteiger partial charge in [0.15, 0.2) is 9.84 Å². The number of nitrogens with zero attached hydrogens (tertiary/aromatic N) is 2. The van der Waals surface area contributed by atoms with Crippen molar-refractivity contribution >= 4 is 15.7 Å². The van der Waals surface area contributed by atoms with Crippen LogP contribution in [0.4, 0.5) is 0 Å². The monoisotopic (exact) mass is 324 g/mol. The minimum atomic E-state index is -2.92. The second-order valence-corrected chi connectivity index (χ2v) is 8.08. The van der Waals surface area contributed by atoms with Gasteiger partial charge < -0.3 is 4.90 Å². The van der Waals surface area contributed by atoms with Crippen molar-refractivity contribution in [2.75, 3.05) is 31.6 Å². The Morgan fingerprint density at radius 3 is 2.50 bits per heavy atom. The van der Waals surface area contributed by atoms with E-state index in [4.69, 9.17) is 0 Å². The summed E-state index contributed by atoms with van der Waals surface area (Å²) < 4.78 is 23.2. The molecular weight excluding hydrogens is 300 g/mol. The van der Waals surface area contributed by atoms with Crippen LogP contribution in [0.1, 0.15) is 18.9 Å². The zero-order chi connectivity index (χ0) is 16.2. The number of likely N-dealkylation sites (N-methyl/N-ethyl adjacent to an activating group) is 2. The molecule has 0 spiro atoms. The first-order valence-corrected chi connectivity index (χ1v) is 9.46. The van der Waals surface area contributed by atoms with Crippen molar-refractivity contribution in [3.05, 3.63) is 35.9 Å². The average Bonchev–Trinajstić information content (AvgIpc) is 2.85. The highest BCUT2D eigenvalue weighted by Gasteiger charge is 2.32. The predicted molar refractivity (Wildman–Crippen MR) is 87.2 cm³/mol. The number of benzene rings is 1. The van der Waals surface area contributed by atoms with E-state index in [2.05, 4.69) is 0 Å². The average molecular weight is 324 g/mol. The quantitative estimate of drug-likeness (QED) is 0.788. The second kappa shape index (κ2) is 7.24. The number of carbonyl (C=O) groups is 1. The molecule has 1 aliphatic rings. The fourth-order valence-electron chi connectivity index (χ4n) is 2.80. The van der Waals surface area contributed by atoms with Gasteiger partial charge in [-0.1, -0.05) is 37.3 Å². The molecule has 1 saturated heterocycles. The summed E-state index contributed by atoms with van der Waals surface area (Å²) in [5.41, 5.74) is 1.09. The Bertz CT molecular complexity index is 601. The summed E-state index contributed by atoms with van der Waals surface area (Å²) in [5, 5.41) is 0. The van der Waals surface area contributed by atoms with Gasteiger partial charge in [0.1, 0.15) is 0 Å². The molecule has 1 aliphatic heterocycles. The maximum atomic E-state index is 12.4. The highest BCUT2D eigenvalue weighted by molar-refractivity contribution is 7.91. The molecule has 1 fully saturated rings. The summed E-state index contributed by atoms with van der Waals surface area (Å²) in [4.78, 5) is 16.0. The van der Waals surface area contributed by atoms with Gasteiger partial charge in [0.2, 0.25) is 5.91 Å². The summed E-state index contributed by atoms with van der Waals surface area (Å²) in [6, 6.07) is 9.81. The van der Waals surface area contributed by atoms with E-state index in [-0.39, 0.29) is 30.0 Å². The van der Waals surface area contributed by atoms with Gasteiger partial charge in [-0.05, 0) is 18.5 Å². The maximum absolute atomic E-state index is 12.4. The molecular formula is C16H24N2O3S. The van der Waals surface area contributed by atoms with Gasteiger partial charge >= 0.3 is 0 Å². The smallest absolute Gasteiger partial charge is 0.236 e. The molecule has 1 atom stereocenters. The van der Waals surface area contributed by atoms with E-state index >= 15 is 0 Å². The Hall–Kier alpha value is -1.40. The molecule has 1 aromatic carbocycles. The second-order valence-electron chi connectivity index (χ2n) is 5.86. The van der Waals surface area contributed by atoms with Crippen LogP contribution >= 0.6 is 0 Å². The SMILES string of the molecule is CCN(CC(=O)N(C)Cc1ccccc1)C1CCS(=O)(=O)C1. The number of carbonyl (C=O) groups excluding carboxylic acids is 1. The molecule has 1 amide bonds. The summed E-state index contributed by atoms with van der Waals surface area (Å²) >= 11 is 0. The van der Waals surface area contributed by atoms with Crippen LogP contribution < -0.4 is 0 Å². The molecule has 22 heavy (non-hydrogen) atoms. The Balaban J connectivity index is 1.91. The standard InChI is InChI=1S/C16H24N2O3S/c1-3-18(15-9-10-22(20,21)13-15)12-16(19)17(2)11-14-7-5-4-6-8-14/h4-8,15H,3,9-13H2,1-2H3. The topological polar surface area (TPSA) is 57.7 Å². The third-order valence-corrected chi connectivity index (χ3v) is 5.91. The maximum Gasteiger partial charge on any atom is 0.236 e. The van der Waals surface area contributed by atoms with Gasteiger partial charge in [-0.25, -0.2) is 8.42 Å². The molecule has 0 saturated carbocycles. The molecule has 122 valence electrons. The Morgan fingerprint density at radius 2 is 1.95 bits per heavy atom. The van der Waals surface area contributed by atoms with Crippen LogP contribution in [0.3, 0.4) is 0 Å². The molecule has 0 N–H and O–H groups in total. The van der Waals surface area contributed by atoms with Crippen molar-refractivity contribution in [3.8, 4) is 0 Å². The minimum Gasteiger partial charge on any atom is -0.340 e. The lowest BCUT2D eigenvalue weighted by Crippen LogP contribution is -2.43. The lowest BCUT2D eigenvalue weighted by Gasteiger charge is -2.28. The molecule has 0 radical (unpaired) electrons. The molecule has 0 aliphatic carbocycles. The lowest BCUT2D eigenvalue weighted by molar-refractivity contribution is -0.132. The predicted octanol–water partition coefficient (Wildman–Crippen LogP) is 1.15. The molecule has 0 bridgehead atoms. The summed E-state index contributed by atoms with van der Waals surface area (Å²) in [6.45, 7) is 3.50. The Kier molecular flexibility index (Phi) is 5.58. The first-order chi connectivity index (χ1) is 10.4. The molecule has 5 nitrogen and oxygen atoms in total. The van der Waals surface area contributed by atoms with Crippen LogP contribution in [-0.2, 0) is 21.2 Å². The van der Waals surface area contributed by atoms with Crippen molar-refractivity contribution in [1.29, 1.82) is 0 Å².